The van der Waals surface area contributed by atoms with Crippen molar-refractivity contribution in [2.75, 3.05) is 0 Å². The summed E-state index contributed by atoms with van der Waals surface area (Å²) in [5.74, 6) is 0.382. The Balaban J connectivity index is 2.02. The van der Waals surface area contributed by atoms with E-state index in [4.69, 9.17) is 0 Å². The van der Waals surface area contributed by atoms with Gasteiger partial charge in [-0.05, 0) is 46.1 Å². The van der Waals surface area contributed by atoms with E-state index in [-0.39, 0.29) is 17.0 Å². The van der Waals surface area contributed by atoms with Gasteiger partial charge in [-0.1, -0.05) is 42.7 Å². The molecule has 1 saturated carbocycles. The van der Waals surface area contributed by atoms with Gasteiger partial charge in [-0.25, -0.2) is 0 Å². The predicted octanol–water partition coefficient (Wildman–Crippen LogP) is 4.24. The summed E-state index contributed by atoms with van der Waals surface area (Å²) in [5, 5.41) is 0. The molecule has 1 heterocycles. The highest BCUT2D eigenvalue weighted by molar-refractivity contribution is 5.91. The number of carbonyl (C=O) groups is 1. The van der Waals surface area contributed by atoms with Crippen molar-refractivity contribution >= 4 is 5.91 Å². The first-order valence-electron chi connectivity index (χ1n) is 7.77. The fourth-order valence-corrected chi connectivity index (χ4v) is 4.06. The Morgan fingerprint density at radius 1 is 1.10 bits per heavy atom. The molecule has 1 aromatic carbocycles. The van der Waals surface area contributed by atoms with Gasteiger partial charge in [0, 0.05) is 5.54 Å². The largest absolute Gasteiger partial charge is 0.329 e. The third-order valence-electron chi connectivity index (χ3n) is 5.04. The summed E-state index contributed by atoms with van der Waals surface area (Å²) in [5.41, 5.74) is 2.40. The summed E-state index contributed by atoms with van der Waals surface area (Å²) in [6.07, 6.45) is 4.53. The molecule has 2 heteroatoms. The first kappa shape index (κ1) is 13.7. The number of carbonyl (C=O) groups excluding carboxylic acids is 1. The highest BCUT2D eigenvalue weighted by Gasteiger charge is 2.63. The van der Waals surface area contributed by atoms with E-state index >= 15 is 0 Å². The molecule has 1 aliphatic carbocycles. The van der Waals surface area contributed by atoms with E-state index < -0.39 is 0 Å². The Kier molecular flexibility index (Phi) is 2.97. The molecule has 0 bridgehead atoms. The van der Waals surface area contributed by atoms with Crippen LogP contribution in [0.3, 0.4) is 0 Å². The molecule has 1 unspecified atom stereocenters. The number of rotatable bonds is 1. The minimum Gasteiger partial charge on any atom is -0.329 e. The molecule has 0 N–H and O–H groups in total. The molecule has 0 radical (unpaired) electrons. The average Bonchev–Trinajstić information content (AvgIpc) is 2.87. The lowest BCUT2D eigenvalue weighted by atomic mass is 9.64. The second-order valence-corrected chi connectivity index (χ2v) is 7.52. The molecule has 3 rings (SSSR count). The van der Waals surface area contributed by atoms with Gasteiger partial charge in [0.2, 0.25) is 5.91 Å². The zero-order valence-electron chi connectivity index (χ0n) is 13.1. The normalized spacial score (nSPS) is 25.1. The third-order valence-corrected chi connectivity index (χ3v) is 5.04. The van der Waals surface area contributed by atoms with Crippen LogP contribution in [0, 0.1) is 12.3 Å². The van der Waals surface area contributed by atoms with Gasteiger partial charge in [0.25, 0.3) is 0 Å². The number of aryl methyl sites for hydroxylation is 1. The van der Waals surface area contributed by atoms with Gasteiger partial charge in [-0.15, -0.1) is 0 Å². The average molecular weight is 271 g/mol. The lowest BCUT2D eigenvalue weighted by Gasteiger charge is -2.60. The first-order chi connectivity index (χ1) is 9.36. The summed E-state index contributed by atoms with van der Waals surface area (Å²) >= 11 is 0. The summed E-state index contributed by atoms with van der Waals surface area (Å²) < 4.78 is 0. The van der Waals surface area contributed by atoms with Gasteiger partial charge in [-0.2, -0.15) is 0 Å². The molecule has 1 amide bonds. The third kappa shape index (κ3) is 1.81. The van der Waals surface area contributed by atoms with Crippen molar-refractivity contribution in [3.05, 3.63) is 35.4 Å². The van der Waals surface area contributed by atoms with Crippen LogP contribution < -0.4 is 0 Å². The van der Waals surface area contributed by atoms with E-state index in [0.717, 1.165) is 12.8 Å². The van der Waals surface area contributed by atoms with Crippen LogP contribution >= 0.6 is 0 Å². The highest BCUT2D eigenvalue weighted by atomic mass is 16.2. The number of hydrogen-bond acceptors (Lipinski definition) is 1. The maximum Gasteiger partial charge on any atom is 0.232 e. The molecular weight excluding hydrogens is 246 g/mol. The van der Waals surface area contributed by atoms with Crippen LogP contribution in [0.1, 0.15) is 63.6 Å². The zero-order valence-corrected chi connectivity index (χ0v) is 13.1. The van der Waals surface area contributed by atoms with Crippen molar-refractivity contribution in [3.8, 4) is 0 Å². The van der Waals surface area contributed by atoms with E-state index in [2.05, 4.69) is 56.9 Å². The topological polar surface area (TPSA) is 20.3 Å². The minimum atomic E-state index is -0.0967. The first-order valence-corrected chi connectivity index (χ1v) is 7.77. The molecule has 1 aromatic rings. The second kappa shape index (κ2) is 4.34. The maximum atomic E-state index is 12.8. The Labute approximate surface area is 122 Å². The van der Waals surface area contributed by atoms with Gasteiger partial charge < -0.3 is 4.90 Å². The summed E-state index contributed by atoms with van der Waals surface area (Å²) in [4.78, 5) is 14.9. The van der Waals surface area contributed by atoms with Crippen molar-refractivity contribution < 1.29 is 4.79 Å². The Hall–Kier alpha value is -1.31. The Morgan fingerprint density at radius 2 is 1.65 bits per heavy atom. The molecule has 1 spiro atoms. The van der Waals surface area contributed by atoms with Crippen molar-refractivity contribution in [1.82, 2.24) is 4.90 Å². The maximum absolute atomic E-state index is 12.8. The van der Waals surface area contributed by atoms with E-state index in [0.29, 0.717) is 5.91 Å². The van der Waals surface area contributed by atoms with Crippen molar-refractivity contribution in [2.45, 2.75) is 65.0 Å². The van der Waals surface area contributed by atoms with Crippen LogP contribution in [0.5, 0.6) is 0 Å². The standard InChI is InChI=1S/C18H25NO/c1-13-7-9-14(10-8-13)15-18(11-5-6-12-18)16(20)19(15)17(2,3)4/h7-10,15H,5-6,11-12H2,1-4H3. The lowest BCUT2D eigenvalue weighted by Crippen LogP contribution is -2.67. The van der Waals surface area contributed by atoms with E-state index in [1.807, 2.05) is 0 Å². The molecule has 1 saturated heterocycles. The predicted molar refractivity (Wildman–Crippen MR) is 81.4 cm³/mol. The number of hydrogen-bond donors (Lipinski definition) is 0. The number of amides is 1. The second-order valence-electron chi connectivity index (χ2n) is 7.52. The number of nitrogens with zero attached hydrogens (tertiary/aromatic N) is 1. The fraction of sp³-hybridized carbons (Fsp3) is 0.611. The minimum absolute atomic E-state index is 0.0947. The van der Waals surface area contributed by atoms with Crippen LogP contribution in [-0.2, 0) is 4.79 Å². The van der Waals surface area contributed by atoms with Crippen LogP contribution in [0.4, 0.5) is 0 Å². The smallest absolute Gasteiger partial charge is 0.232 e. The highest BCUT2D eigenvalue weighted by Crippen LogP contribution is 2.61. The Morgan fingerprint density at radius 3 is 2.15 bits per heavy atom. The SMILES string of the molecule is Cc1ccc(C2N(C(C)(C)C)C(=O)C23CCCC3)cc1. The molecule has 2 nitrogen and oxygen atoms in total. The van der Waals surface area contributed by atoms with Crippen LogP contribution in [0.25, 0.3) is 0 Å². The summed E-state index contributed by atoms with van der Waals surface area (Å²) in [7, 11) is 0. The van der Waals surface area contributed by atoms with Crippen LogP contribution in [0.2, 0.25) is 0 Å². The molecule has 108 valence electrons. The molecule has 2 fully saturated rings. The molecular formula is C18H25NO. The fourth-order valence-electron chi connectivity index (χ4n) is 4.06. The number of β-lactam (4-membered cyclic amide) rings is 1. The van der Waals surface area contributed by atoms with Gasteiger partial charge >= 0.3 is 0 Å². The molecule has 1 aliphatic heterocycles. The monoisotopic (exact) mass is 271 g/mol. The molecule has 1 atom stereocenters. The number of likely N-dealkylation sites (tertiary alicyclic amines) is 1. The molecule has 2 aliphatic rings. The van der Waals surface area contributed by atoms with Crippen molar-refractivity contribution in [1.29, 1.82) is 0 Å². The number of benzene rings is 1. The van der Waals surface area contributed by atoms with Gasteiger partial charge in [0.1, 0.15) is 0 Å². The Bertz CT molecular complexity index is 517. The van der Waals surface area contributed by atoms with Crippen molar-refractivity contribution in [2.24, 2.45) is 5.41 Å². The molecule has 20 heavy (non-hydrogen) atoms. The lowest BCUT2D eigenvalue weighted by molar-refractivity contribution is -0.184. The van der Waals surface area contributed by atoms with Crippen molar-refractivity contribution in [3.63, 3.8) is 0 Å². The summed E-state index contributed by atoms with van der Waals surface area (Å²) in [6.45, 7) is 8.55. The van der Waals surface area contributed by atoms with Gasteiger partial charge in [-0.3, -0.25) is 4.79 Å². The summed E-state index contributed by atoms with van der Waals surface area (Å²) in [6, 6.07) is 9.04. The van der Waals surface area contributed by atoms with E-state index in [9.17, 15) is 4.79 Å². The van der Waals surface area contributed by atoms with E-state index in [1.54, 1.807) is 0 Å². The van der Waals surface area contributed by atoms with Crippen LogP contribution in [0.15, 0.2) is 24.3 Å². The quantitative estimate of drug-likeness (QED) is 0.700. The van der Waals surface area contributed by atoms with Crippen LogP contribution in [-0.4, -0.2) is 16.3 Å². The van der Waals surface area contributed by atoms with Gasteiger partial charge in [0.15, 0.2) is 0 Å². The van der Waals surface area contributed by atoms with E-state index in [1.165, 1.54) is 24.0 Å². The molecule has 0 aromatic heterocycles. The van der Waals surface area contributed by atoms with Gasteiger partial charge in [0.05, 0.1) is 11.5 Å². The zero-order chi connectivity index (χ0) is 14.5.